The molecule has 0 aliphatic carbocycles. The molecule has 1 unspecified atom stereocenters. The Morgan fingerprint density at radius 2 is 1.84 bits per heavy atom. The number of hydrogen-bond acceptors (Lipinski definition) is 4. The highest BCUT2D eigenvalue weighted by Crippen LogP contribution is 2.35. The minimum absolute atomic E-state index is 0.0425. The van der Waals surface area contributed by atoms with Crippen molar-refractivity contribution in [2.75, 3.05) is 14.2 Å². The molecule has 0 radical (unpaired) electrons. The van der Waals surface area contributed by atoms with Crippen LogP contribution in [0.3, 0.4) is 0 Å². The topological polar surface area (TPSA) is 68.4 Å². The highest BCUT2D eigenvalue weighted by molar-refractivity contribution is 6.33. The number of hydrogen-bond donors (Lipinski definition) is 1. The van der Waals surface area contributed by atoms with Gasteiger partial charge in [-0.05, 0) is 29.3 Å². The maximum absolute atomic E-state index is 12.2. The van der Waals surface area contributed by atoms with E-state index in [1.54, 1.807) is 7.11 Å². The predicted molar refractivity (Wildman–Crippen MR) is 94.8 cm³/mol. The third kappa shape index (κ3) is 3.40. The van der Waals surface area contributed by atoms with E-state index < -0.39 is 11.8 Å². The lowest BCUT2D eigenvalue weighted by molar-refractivity contribution is -0.151. The highest BCUT2D eigenvalue weighted by Gasteiger charge is 2.25. The number of carbonyl (C=O) groups is 2. The zero-order valence-corrected chi connectivity index (χ0v) is 14.1. The van der Waals surface area contributed by atoms with Gasteiger partial charge in [0.1, 0.15) is 5.75 Å². The summed E-state index contributed by atoms with van der Waals surface area (Å²) in [6.07, 6.45) is 1.92. The van der Waals surface area contributed by atoms with Crippen molar-refractivity contribution in [3.63, 3.8) is 0 Å². The number of aromatic amines is 1. The molecule has 1 heterocycles. The molecular weight excluding hydrogens is 318 g/mol. The molecule has 5 nitrogen and oxygen atoms in total. The van der Waals surface area contributed by atoms with Gasteiger partial charge in [-0.2, -0.15) is 0 Å². The number of ether oxygens (including phenoxy) is 2. The molecule has 1 aromatic heterocycles. The molecule has 128 valence electrons. The highest BCUT2D eigenvalue weighted by atomic mass is 16.5. The van der Waals surface area contributed by atoms with Gasteiger partial charge in [0.2, 0.25) is 5.78 Å². The number of aromatic nitrogens is 1. The maximum atomic E-state index is 12.2. The van der Waals surface area contributed by atoms with Gasteiger partial charge in [-0.25, -0.2) is 4.79 Å². The van der Waals surface area contributed by atoms with E-state index in [4.69, 9.17) is 4.74 Å². The van der Waals surface area contributed by atoms with Gasteiger partial charge >= 0.3 is 5.97 Å². The monoisotopic (exact) mass is 337 g/mol. The van der Waals surface area contributed by atoms with Crippen molar-refractivity contribution in [2.45, 2.75) is 12.3 Å². The molecule has 0 amide bonds. The van der Waals surface area contributed by atoms with Gasteiger partial charge in [0.05, 0.1) is 14.2 Å². The number of nitrogens with one attached hydrogen (secondary N) is 1. The number of ketones is 1. The molecule has 0 spiro atoms. The molecule has 3 aromatic rings. The number of benzene rings is 2. The fourth-order valence-electron chi connectivity index (χ4n) is 3.01. The Morgan fingerprint density at radius 1 is 1.08 bits per heavy atom. The van der Waals surface area contributed by atoms with E-state index in [0.717, 1.165) is 27.8 Å². The molecule has 3 rings (SSSR count). The quantitative estimate of drug-likeness (QED) is 0.553. The summed E-state index contributed by atoms with van der Waals surface area (Å²) in [6, 6.07) is 15.4. The van der Waals surface area contributed by atoms with Crippen LogP contribution >= 0.6 is 0 Å². The third-order valence-electron chi connectivity index (χ3n) is 4.30. The Balaban J connectivity index is 2.08. The Labute approximate surface area is 145 Å². The normalized spacial score (nSPS) is 11.9. The van der Waals surface area contributed by atoms with E-state index in [1.807, 2.05) is 54.7 Å². The Kier molecular flexibility index (Phi) is 4.84. The zero-order chi connectivity index (χ0) is 17.8. The summed E-state index contributed by atoms with van der Waals surface area (Å²) in [7, 11) is 2.83. The number of esters is 1. The average molecular weight is 337 g/mol. The van der Waals surface area contributed by atoms with Crippen LogP contribution in [0.2, 0.25) is 0 Å². The number of rotatable bonds is 6. The third-order valence-corrected chi connectivity index (χ3v) is 4.30. The predicted octanol–water partition coefficient (Wildman–Crippen LogP) is 3.44. The lowest BCUT2D eigenvalue weighted by atomic mass is 9.87. The van der Waals surface area contributed by atoms with Crippen molar-refractivity contribution in [2.24, 2.45) is 0 Å². The first kappa shape index (κ1) is 16.8. The Morgan fingerprint density at radius 3 is 2.52 bits per heavy atom. The summed E-state index contributed by atoms with van der Waals surface area (Å²) in [5.74, 6) is -0.889. The number of Topliss-reactive ketones (excluding diaryl/α,β-unsaturated/α-hetero) is 1. The number of fused-ring (bicyclic) bond motifs is 1. The van der Waals surface area contributed by atoms with Crippen LogP contribution in [0.1, 0.15) is 23.5 Å². The van der Waals surface area contributed by atoms with E-state index in [0.29, 0.717) is 0 Å². The lowest BCUT2D eigenvalue weighted by Gasteiger charge is -2.16. The summed E-state index contributed by atoms with van der Waals surface area (Å²) in [4.78, 5) is 27.0. The molecule has 0 saturated heterocycles. The van der Waals surface area contributed by atoms with Crippen LogP contribution < -0.4 is 4.74 Å². The van der Waals surface area contributed by atoms with Crippen LogP contribution in [0.4, 0.5) is 0 Å². The van der Waals surface area contributed by atoms with E-state index >= 15 is 0 Å². The van der Waals surface area contributed by atoms with Crippen LogP contribution in [0.5, 0.6) is 5.75 Å². The fourth-order valence-corrected chi connectivity index (χ4v) is 3.01. The second kappa shape index (κ2) is 7.21. The molecule has 0 aliphatic rings. The van der Waals surface area contributed by atoms with Gasteiger partial charge in [0, 0.05) is 29.4 Å². The molecule has 2 aromatic carbocycles. The lowest BCUT2D eigenvalue weighted by Crippen LogP contribution is -2.19. The molecule has 5 heteroatoms. The maximum Gasteiger partial charge on any atom is 0.374 e. The zero-order valence-electron chi connectivity index (χ0n) is 14.1. The van der Waals surface area contributed by atoms with Gasteiger partial charge < -0.3 is 14.5 Å². The van der Waals surface area contributed by atoms with Gasteiger partial charge in [0.15, 0.2) is 0 Å². The number of H-pyrrole nitrogens is 1. The molecule has 0 saturated carbocycles. The smallest absolute Gasteiger partial charge is 0.374 e. The number of carbonyl (C=O) groups excluding carboxylic acids is 2. The van der Waals surface area contributed by atoms with Crippen LogP contribution in [-0.4, -0.2) is 31.0 Å². The second-order valence-electron chi connectivity index (χ2n) is 5.74. The van der Waals surface area contributed by atoms with Crippen molar-refractivity contribution in [3.05, 3.63) is 65.9 Å². The minimum Gasteiger partial charge on any atom is -0.497 e. The summed E-state index contributed by atoms with van der Waals surface area (Å²) in [6.45, 7) is 0. The molecule has 25 heavy (non-hydrogen) atoms. The molecular formula is C20H19NO4. The summed E-state index contributed by atoms with van der Waals surface area (Å²) in [5.41, 5.74) is 2.85. The summed E-state index contributed by atoms with van der Waals surface area (Å²) >= 11 is 0. The van der Waals surface area contributed by atoms with Gasteiger partial charge in [0.25, 0.3) is 0 Å². The van der Waals surface area contributed by atoms with Crippen molar-refractivity contribution >= 4 is 22.7 Å². The van der Waals surface area contributed by atoms with Crippen molar-refractivity contribution < 1.29 is 19.1 Å². The second-order valence-corrected chi connectivity index (χ2v) is 5.74. The first-order valence-corrected chi connectivity index (χ1v) is 7.95. The van der Waals surface area contributed by atoms with Crippen molar-refractivity contribution in [1.82, 2.24) is 4.98 Å². The van der Waals surface area contributed by atoms with Gasteiger partial charge in [-0.15, -0.1) is 0 Å². The molecule has 1 N–H and O–H groups in total. The standard InChI is InChI=1S/C20H19NO4/c1-24-14-8-9-18-16(10-14)17(12-21-18)15(11-19(22)20(23)25-2)13-6-4-3-5-7-13/h3-10,12,15,21H,11H2,1-2H3. The minimum atomic E-state index is -0.821. The van der Waals surface area contributed by atoms with Crippen LogP contribution in [0.15, 0.2) is 54.7 Å². The number of methoxy groups -OCH3 is 2. The van der Waals surface area contributed by atoms with E-state index in [2.05, 4.69) is 9.72 Å². The van der Waals surface area contributed by atoms with Crippen molar-refractivity contribution in [3.8, 4) is 5.75 Å². The summed E-state index contributed by atoms with van der Waals surface area (Å²) < 4.78 is 9.89. The average Bonchev–Trinajstić information content (AvgIpc) is 3.08. The van der Waals surface area contributed by atoms with Crippen LogP contribution in [0.25, 0.3) is 10.9 Å². The van der Waals surface area contributed by atoms with Crippen LogP contribution in [0, 0.1) is 0 Å². The molecule has 0 fully saturated rings. The SMILES string of the molecule is COC(=O)C(=O)CC(c1ccccc1)c1c[nH]c2ccc(OC)cc12. The van der Waals surface area contributed by atoms with E-state index in [1.165, 1.54) is 7.11 Å². The molecule has 0 bridgehead atoms. The first-order chi connectivity index (χ1) is 12.1. The molecule has 1 atom stereocenters. The van der Waals surface area contributed by atoms with Crippen molar-refractivity contribution in [1.29, 1.82) is 0 Å². The van der Waals surface area contributed by atoms with Gasteiger partial charge in [-0.1, -0.05) is 30.3 Å². The summed E-state index contributed by atoms with van der Waals surface area (Å²) in [5, 5.41) is 0.964. The van der Waals surface area contributed by atoms with Gasteiger partial charge in [-0.3, -0.25) is 4.79 Å². The van der Waals surface area contributed by atoms with E-state index in [-0.39, 0.29) is 12.3 Å². The Bertz CT molecular complexity index is 898. The van der Waals surface area contributed by atoms with Crippen LogP contribution in [-0.2, 0) is 14.3 Å². The molecule has 0 aliphatic heterocycles. The fraction of sp³-hybridized carbons (Fsp3) is 0.200. The Hall–Kier alpha value is -3.08. The van der Waals surface area contributed by atoms with E-state index in [9.17, 15) is 9.59 Å². The first-order valence-electron chi connectivity index (χ1n) is 7.95. The largest absolute Gasteiger partial charge is 0.497 e.